The van der Waals surface area contributed by atoms with E-state index >= 15 is 0 Å². The van der Waals surface area contributed by atoms with Crippen LogP contribution in [0.4, 0.5) is 41.6 Å². The Kier molecular flexibility index (Phi) is 8.32. The van der Waals surface area contributed by atoms with E-state index < -0.39 is 15.5 Å². The van der Waals surface area contributed by atoms with Crippen LogP contribution in [-0.4, -0.2) is 13.9 Å². The summed E-state index contributed by atoms with van der Waals surface area (Å²) in [6, 6.07) is 20.2. The fourth-order valence-electron chi connectivity index (χ4n) is 3.71. The highest BCUT2D eigenvalue weighted by molar-refractivity contribution is 7.93. The van der Waals surface area contributed by atoms with Crippen LogP contribution in [0, 0.1) is 0 Å². The third kappa shape index (κ3) is 6.48. The van der Waals surface area contributed by atoms with E-state index in [1.54, 1.807) is 10.8 Å². The number of benzene rings is 3. The molecule has 0 bridgehead atoms. The lowest BCUT2D eigenvalue weighted by Crippen LogP contribution is -2.30. The number of nitrogens with zero attached hydrogens (tertiary/aromatic N) is 1. The molecule has 0 spiro atoms. The Labute approximate surface area is 204 Å². The molecule has 3 aromatic carbocycles. The number of aryl methyl sites for hydroxylation is 2. The van der Waals surface area contributed by atoms with Gasteiger partial charge in [0, 0.05) is 17.1 Å². The molecule has 0 fully saturated rings. The van der Waals surface area contributed by atoms with Crippen molar-refractivity contribution in [2.75, 3.05) is 15.4 Å². The Balaban J connectivity index is 2.07. The lowest BCUT2D eigenvalue weighted by molar-refractivity contribution is -0.0429. The van der Waals surface area contributed by atoms with Gasteiger partial charge in [0.2, 0.25) is 0 Å². The van der Waals surface area contributed by atoms with Crippen molar-refractivity contribution < 1.29 is 21.6 Å². The SMILES string of the molecule is CCCCc1ccc(N(c2ccc(CCC)cc2)c2ccc(N)c(NS(=O)(=O)C(F)(F)F)c2)cc1. The minimum atomic E-state index is -5.62. The lowest BCUT2D eigenvalue weighted by atomic mass is 10.1. The van der Waals surface area contributed by atoms with Crippen LogP contribution in [-0.2, 0) is 22.9 Å². The number of halogens is 3. The molecule has 0 aliphatic rings. The molecule has 0 unspecified atom stereocenters. The van der Waals surface area contributed by atoms with Crippen LogP contribution in [0.2, 0.25) is 0 Å². The summed E-state index contributed by atoms with van der Waals surface area (Å²) in [5.74, 6) is 0. The second kappa shape index (κ2) is 11.0. The number of alkyl halides is 3. The van der Waals surface area contributed by atoms with E-state index in [9.17, 15) is 21.6 Å². The largest absolute Gasteiger partial charge is 0.516 e. The van der Waals surface area contributed by atoms with Gasteiger partial charge in [-0.3, -0.25) is 4.72 Å². The zero-order valence-electron chi connectivity index (χ0n) is 19.8. The van der Waals surface area contributed by atoms with Crippen molar-refractivity contribution in [3.63, 3.8) is 0 Å². The van der Waals surface area contributed by atoms with E-state index in [1.807, 2.05) is 53.4 Å². The van der Waals surface area contributed by atoms with E-state index in [2.05, 4.69) is 13.8 Å². The summed E-state index contributed by atoms with van der Waals surface area (Å²) in [6.45, 7) is 4.22. The highest BCUT2D eigenvalue weighted by Gasteiger charge is 2.46. The lowest BCUT2D eigenvalue weighted by Gasteiger charge is -2.27. The quantitative estimate of drug-likeness (QED) is 0.284. The van der Waals surface area contributed by atoms with Gasteiger partial charge in [0.1, 0.15) is 0 Å². The number of nitrogens with one attached hydrogen (secondary N) is 1. The molecule has 0 heterocycles. The van der Waals surface area contributed by atoms with Crippen LogP contribution in [0.3, 0.4) is 0 Å². The summed E-state index contributed by atoms with van der Waals surface area (Å²) >= 11 is 0. The maximum absolute atomic E-state index is 13.0. The highest BCUT2D eigenvalue weighted by atomic mass is 32.2. The van der Waals surface area contributed by atoms with E-state index in [1.165, 1.54) is 23.3 Å². The van der Waals surface area contributed by atoms with Crippen molar-refractivity contribution in [1.82, 2.24) is 0 Å². The molecular weight excluding hydrogens is 475 g/mol. The van der Waals surface area contributed by atoms with Gasteiger partial charge in [0.25, 0.3) is 0 Å². The normalized spacial score (nSPS) is 11.9. The van der Waals surface area contributed by atoms with Crippen molar-refractivity contribution in [2.24, 2.45) is 0 Å². The molecule has 35 heavy (non-hydrogen) atoms. The van der Waals surface area contributed by atoms with Gasteiger partial charge < -0.3 is 10.6 Å². The molecule has 188 valence electrons. The predicted molar refractivity (Wildman–Crippen MR) is 137 cm³/mol. The Morgan fingerprint density at radius 1 is 0.800 bits per heavy atom. The predicted octanol–water partition coefficient (Wildman–Crippen LogP) is 7.30. The number of anilines is 5. The standard InChI is InChI=1S/C26H30F3N3O2S/c1-3-5-7-20-10-14-22(15-11-20)32(21-12-8-19(6-4-2)9-13-21)23-16-17-24(30)25(18-23)31-35(33,34)26(27,28)29/h8-18,31H,3-7,30H2,1-2H3. The number of hydrogen-bond donors (Lipinski definition) is 2. The van der Waals surface area contributed by atoms with Crippen molar-refractivity contribution >= 4 is 38.5 Å². The van der Waals surface area contributed by atoms with Crippen molar-refractivity contribution in [1.29, 1.82) is 0 Å². The smallest absolute Gasteiger partial charge is 0.397 e. The molecule has 3 aromatic rings. The van der Waals surface area contributed by atoms with Crippen LogP contribution in [0.25, 0.3) is 0 Å². The first-order valence-corrected chi connectivity index (χ1v) is 13.0. The average Bonchev–Trinajstić information content (AvgIpc) is 2.81. The fourth-order valence-corrected chi connectivity index (χ4v) is 4.30. The van der Waals surface area contributed by atoms with Crippen LogP contribution >= 0.6 is 0 Å². The van der Waals surface area contributed by atoms with E-state index in [4.69, 9.17) is 5.73 Å². The van der Waals surface area contributed by atoms with Gasteiger partial charge in [-0.1, -0.05) is 51.0 Å². The molecule has 0 saturated carbocycles. The number of hydrogen-bond acceptors (Lipinski definition) is 4. The van der Waals surface area contributed by atoms with Gasteiger partial charge in [-0.2, -0.15) is 21.6 Å². The Morgan fingerprint density at radius 2 is 1.31 bits per heavy atom. The molecule has 0 amide bonds. The van der Waals surface area contributed by atoms with E-state index in [0.717, 1.165) is 43.5 Å². The van der Waals surface area contributed by atoms with Crippen molar-refractivity contribution in [2.45, 2.75) is 51.5 Å². The van der Waals surface area contributed by atoms with E-state index in [0.29, 0.717) is 5.69 Å². The number of rotatable bonds is 10. The maximum atomic E-state index is 13.0. The third-order valence-corrected chi connectivity index (χ3v) is 6.69. The monoisotopic (exact) mass is 505 g/mol. The molecular formula is C26H30F3N3O2S. The molecule has 9 heteroatoms. The second-order valence-corrected chi connectivity index (χ2v) is 10.0. The van der Waals surface area contributed by atoms with Crippen molar-refractivity contribution in [3.8, 4) is 0 Å². The Hall–Kier alpha value is -3.20. The van der Waals surface area contributed by atoms with Crippen LogP contribution in [0.1, 0.15) is 44.2 Å². The number of unbranched alkanes of at least 4 members (excludes halogenated alkanes) is 1. The van der Waals surface area contributed by atoms with Crippen LogP contribution in [0.5, 0.6) is 0 Å². The zero-order valence-corrected chi connectivity index (χ0v) is 20.6. The molecule has 0 saturated heterocycles. The second-order valence-electron chi connectivity index (χ2n) is 8.34. The van der Waals surface area contributed by atoms with Gasteiger partial charge in [-0.25, -0.2) is 0 Å². The summed E-state index contributed by atoms with van der Waals surface area (Å²) in [4.78, 5) is 1.85. The van der Waals surface area contributed by atoms with Gasteiger partial charge in [0.15, 0.2) is 0 Å². The van der Waals surface area contributed by atoms with Crippen molar-refractivity contribution in [3.05, 3.63) is 77.9 Å². The zero-order chi connectivity index (χ0) is 25.6. The molecule has 3 rings (SSSR count). The molecule has 0 aliphatic carbocycles. The van der Waals surface area contributed by atoms with Gasteiger partial charge in [-0.15, -0.1) is 0 Å². The van der Waals surface area contributed by atoms with Crippen LogP contribution in [0.15, 0.2) is 66.7 Å². The number of nitrogens with two attached hydrogens (primary N) is 1. The minimum Gasteiger partial charge on any atom is -0.397 e. The van der Waals surface area contributed by atoms with Crippen LogP contribution < -0.4 is 15.4 Å². The topological polar surface area (TPSA) is 75.4 Å². The first-order valence-electron chi connectivity index (χ1n) is 11.5. The van der Waals surface area contributed by atoms with Gasteiger partial charge >= 0.3 is 15.5 Å². The average molecular weight is 506 g/mol. The summed E-state index contributed by atoms with van der Waals surface area (Å²) in [5, 5.41) is 0. The number of sulfonamides is 1. The number of nitrogen functional groups attached to an aromatic ring is 1. The highest BCUT2D eigenvalue weighted by Crippen LogP contribution is 2.38. The van der Waals surface area contributed by atoms with Gasteiger partial charge in [0.05, 0.1) is 11.4 Å². The molecule has 5 nitrogen and oxygen atoms in total. The molecule has 0 atom stereocenters. The summed E-state index contributed by atoms with van der Waals surface area (Å²) in [7, 11) is -5.62. The molecule has 0 aromatic heterocycles. The molecule has 0 aliphatic heterocycles. The Bertz CT molecular complexity index is 1230. The van der Waals surface area contributed by atoms with Gasteiger partial charge in [-0.05, 0) is 72.9 Å². The van der Waals surface area contributed by atoms with E-state index in [-0.39, 0.29) is 11.4 Å². The summed E-state index contributed by atoms with van der Waals surface area (Å²) in [5.41, 5.74) is 4.28. The first kappa shape index (κ1) is 26.4. The summed E-state index contributed by atoms with van der Waals surface area (Å²) in [6.07, 6.45) is 5.04. The first-order chi connectivity index (χ1) is 16.6. The molecule has 0 radical (unpaired) electrons. The maximum Gasteiger partial charge on any atom is 0.516 e. The fraction of sp³-hybridized carbons (Fsp3) is 0.308. The summed E-state index contributed by atoms with van der Waals surface area (Å²) < 4.78 is 63.9. The molecule has 3 N–H and O–H groups in total. The third-order valence-electron chi connectivity index (χ3n) is 5.59. The minimum absolute atomic E-state index is 0.116. The Morgan fingerprint density at radius 3 is 1.80 bits per heavy atom.